The zero-order chi connectivity index (χ0) is 17.2. The molecule has 4 aromatic rings. The minimum Gasteiger partial charge on any atom is -0.366 e. The van der Waals surface area contributed by atoms with Gasteiger partial charge in [-0.05, 0) is 35.9 Å². The van der Waals surface area contributed by atoms with Crippen LogP contribution < -0.4 is 5.32 Å². The van der Waals surface area contributed by atoms with Crippen LogP contribution in [0.15, 0.2) is 67.3 Å². The molecule has 124 valence electrons. The van der Waals surface area contributed by atoms with Gasteiger partial charge < -0.3 is 9.88 Å². The third kappa shape index (κ3) is 3.19. The van der Waals surface area contributed by atoms with Gasteiger partial charge in [0.15, 0.2) is 0 Å². The van der Waals surface area contributed by atoms with E-state index in [0.29, 0.717) is 28.3 Å². The summed E-state index contributed by atoms with van der Waals surface area (Å²) < 4.78 is 15.4. The number of nitrogens with one attached hydrogen (secondary N) is 1. The van der Waals surface area contributed by atoms with Crippen molar-refractivity contribution in [1.29, 1.82) is 0 Å². The summed E-state index contributed by atoms with van der Waals surface area (Å²) in [7, 11) is 0. The Morgan fingerprint density at radius 1 is 1.12 bits per heavy atom. The summed E-state index contributed by atoms with van der Waals surface area (Å²) in [5.74, 6) is 0.315. The third-order valence-corrected chi connectivity index (χ3v) is 4.23. The highest BCUT2D eigenvalue weighted by Gasteiger charge is 2.07. The smallest absolute Gasteiger partial charge is 0.126 e. The number of aromatic nitrogens is 3. The molecule has 2 aromatic heterocycles. The first-order valence-corrected chi connectivity index (χ1v) is 8.14. The van der Waals surface area contributed by atoms with Crippen molar-refractivity contribution >= 4 is 28.3 Å². The summed E-state index contributed by atoms with van der Waals surface area (Å²) in [6.07, 6.45) is 5.42. The van der Waals surface area contributed by atoms with E-state index in [1.807, 2.05) is 41.1 Å². The zero-order valence-electron chi connectivity index (χ0n) is 13.2. The van der Waals surface area contributed by atoms with E-state index in [0.717, 1.165) is 11.3 Å². The maximum absolute atomic E-state index is 13.4. The lowest BCUT2D eigenvalue weighted by Gasteiger charge is -2.12. The minimum absolute atomic E-state index is 0.303. The van der Waals surface area contributed by atoms with Crippen LogP contribution in [0, 0.1) is 5.82 Å². The van der Waals surface area contributed by atoms with Crippen LogP contribution in [0.3, 0.4) is 0 Å². The van der Waals surface area contributed by atoms with Crippen molar-refractivity contribution in [1.82, 2.24) is 14.5 Å². The summed E-state index contributed by atoms with van der Waals surface area (Å²) in [5.41, 5.74) is 2.73. The number of fused-ring (bicyclic) bond motifs is 1. The highest BCUT2D eigenvalue weighted by atomic mass is 35.5. The minimum atomic E-state index is -0.366. The van der Waals surface area contributed by atoms with E-state index < -0.39 is 0 Å². The van der Waals surface area contributed by atoms with Crippen LogP contribution in [-0.4, -0.2) is 14.5 Å². The van der Waals surface area contributed by atoms with Gasteiger partial charge in [0.2, 0.25) is 0 Å². The maximum atomic E-state index is 13.4. The number of benzene rings is 2. The molecule has 2 heterocycles. The second-order valence-corrected chi connectivity index (χ2v) is 6.02. The Labute approximate surface area is 148 Å². The Balaban J connectivity index is 1.61. The number of nitrogens with zero attached hydrogens (tertiary/aromatic N) is 3. The summed E-state index contributed by atoms with van der Waals surface area (Å²) in [6.45, 7) is 0.589. The third-order valence-electron chi connectivity index (χ3n) is 3.94. The molecular formula is C19H14ClFN4. The lowest BCUT2D eigenvalue weighted by atomic mass is 10.1. The second-order valence-electron chi connectivity index (χ2n) is 5.61. The number of hydrogen-bond donors (Lipinski definition) is 1. The van der Waals surface area contributed by atoms with Crippen molar-refractivity contribution in [2.75, 3.05) is 5.32 Å². The molecule has 0 fully saturated rings. The largest absolute Gasteiger partial charge is 0.366 e. The number of rotatable bonds is 4. The molecule has 4 rings (SSSR count). The monoisotopic (exact) mass is 352 g/mol. The predicted octanol–water partition coefficient (Wildman–Crippen LogP) is 4.83. The van der Waals surface area contributed by atoms with Gasteiger partial charge in [0, 0.05) is 24.3 Å². The molecule has 0 saturated carbocycles. The summed E-state index contributed by atoms with van der Waals surface area (Å²) in [6, 6.07) is 14.4. The van der Waals surface area contributed by atoms with E-state index >= 15 is 0 Å². The fourth-order valence-electron chi connectivity index (χ4n) is 2.76. The van der Waals surface area contributed by atoms with E-state index in [1.54, 1.807) is 18.6 Å². The Kier molecular flexibility index (Phi) is 4.07. The van der Waals surface area contributed by atoms with E-state index in [4.69, 9.17) is 11.6 Å². The molecule has 2 aromatic carbocycles. The van der Waals surface area contributed by atoms with Gasteiger partial charge in [0.05, 0.1) is 22.6 Å². The Bertz CT molecular complexity index is 1030. The summed E-state index contributed by atoms with van der Waals surface area (Å²) in [5, 5.41) is 4.28. The first-order chi connectivity index (χ1) is 12.2. The molecule has 4 nitrogen and oxygen atoms in total. The highest BCUT2D eigenvalue weighted by molar-refractivity contribution is 6.35. The Morgan fingerprint density at radius 2 is 2.00 bits per heavy atom. The van der Waals surface area contributed by atoms with Gasteiger partial charge >= 0.3 is 0 Å². The molecule has 0 unspecified atom stereocenters. The van der Waals surface area contributed by atoms with Crippen LogP contribution in [0.1, 0.15) is 5.56 Å². The molecule has 0 radical (unpaired) electrons. The van der Waals surface area contributed by atoms with Crippen LogP contribution >= 0.6 is 11.6 Å². The lowest BCUT2D eigenvalue weighted by molar-refractivity contribution is 0.629. The average molecular weight is 353 g/mol. The van der Waals surface area contributed by atoms with Gasteiger partial charge in [0.1, 0.15) is 11.6 Å². The van der Waals surface area contributed by atoms with Gasteiger partial charge in [-0.15, -0.1) is 0 Å². The van der Waals surface area contributed by atoms with Crippen molar-refractivity contribution in [3.63, 3.8) is 0 Å². The number of imidazole rings is 1. The van der Waals surface area contributed by atoms with Gasteiger partial charge in [0.25, 0.3) is 0 Å². The molecule has 0 aliphatic rings. The Morgan fingerprint density at radius 3 is 2.84 bits per heavy atom. The average Bonchev–Trinajstić information content (AvgIpc) is 3.15. The molecule has 0 saturated heterocycles. The summed E-state index contributed by atoms with van der Waals surface area (Å²) in [4.78, 5) is 8.59. The topological polar surface area (TPSA) is 42.7 Å². The van der Waals surface area contributed by atoms with Gasteiger partial charge in [-0.25, -0.2) is 14.4 Å². The summed E-state index contributed by atoms with van der Waals surface area (Å²) >= 11 is 6.10. The standard InChI is InChI=1S/C19H14ClFN4/c20-16-10-15(21)9-13-5-6-18(24-19(13)16)23-11-14-3-1-2-4-17(14)25-8-7-22-12-25/h1-10,12H,11H2,(H,23,24). The number of halogens is 2. The van der Waals surface area contributed by atoms with Gasteiger partial charge in [-0.3, -0.25) is 0 Å². The molecule has 0 amide bonds. The molecule has 6 heteroatoms. The fraction of sp³-hybridized carbons (Fsp3) is 0.0526. The molecule has 1 N–H and O–H groups in total. The number of para-hydroxylation sites is 1. The molecule has 0 aliphatic heterocycles. The van der Waals surface area contributed by atoms with Crippen LogP contribution in [0.25, 0.3) is 16.6 Å². The first-order valence-electron chi connectivity index (χ1n) is 7.76. The molecular weight excluding hydrogens is 339 g/mol. The van der Waals surface area contributed by atoms with Crippen LogP contribution in [0.4, 0.5) is 10.2 Å². The van der Waals surface area contributed by atoms with Gasteiger partial charge in [-0.1, -0.05) is 29.8 Å². The predicted molar refractivity (Wildman–Crippen MR) is 97.6 cm³/mol. The quantitative estimate of drug-likeness (QED) is 0.572. The zero-order valence-corrected chi connectivity index (χ0v) is 13.9. The number of anilines is 1. The molecule has 0 aliphatic carbocycles. The van der Waals surface area contributed by atoms with Crippen molar-refractivity contribution < 1.29 is 4.39 Å². The van der Waals surface area contributed by atoms with Crippen molar-refractivity contribution in [3.05, 3.63) is 83.7 Å². The number of pyridine rings is 1. The van der Waals surface area contributed by atoms with Crippen LogP contribution in [0.5, 0.6) is 0 Å². The van der Waals surface area contributed by atoms with Crippen molar-refractivity contribution in [2.45, 2.75) is 6.54 Å². The SMILES string of the molecule is Fc1cc(Cl)c2nc(NCc3ccccc3-n3ccnc3)ccc2c1. The molecule has 0 atom stereocenters. The molecule has 0 spiro atoms. The van der Waals surface area contributed by atoms with Crippen molar-refractivity contribution in [2.24, 2.45) is 0 Å². The van der Waals surface area contributed by atoms with Gasteiger partial charge in [-0.2, -0.15) is 0 Å². The van der Waals surface area contributed by atoms with Crippen molar-refractivity contribution in [3.8, 4) is 5.69 Å². The van der Waals surface area contributed by atoms with Crippen LogP contribution in [0.2, 0.25) is 5.02 Å². The van der Waals surface area contributed by atoms with E-state index in [-0.39, 0.29) is 5.82 Å². The Hall–Kier alpha value is -2.92. The highest BCUT2D eigenvalue weighted by Crippen LogP contribution is 2.25. The second kappa shape index (κ2) is 6.53. The fourth-order valence-corrected chi connectivity index (χ4v) is 3.01. The lowest BCUT2D eigenvalue weighted by Crippen LogP contribution is -2.05. The normalized spacial score (nSPS) is 11.0. The van der Waals surface area contributed by atoms with E-state index in [2.05, 4.69) is 15.3 Å². The maximum Gasteiger partial charge on any atom is 0.126 e. The first kappa shape index (κ1) is 15.6. The molecule has 25 heavy (non-hydrogen) atoms. The molecule has 0 bridgehead atoms. The van der Waals surface area contributed by atoms with Crippen LogP contribution in [-0.2, 0) is 6.54 Å². The number of hydrogen-bond acceptors (Lipinski definition) is 3. The van der Waals surface area contributed by atoms with E-state index in [9.17, 15) is 4.39 Å². The van der Waals surface area contributed by atoms with E-state index in [1.165, 1.54) is 12.1 Å².